The van der Waals surface area contributed by atoms with E-state index in [9.17, 15) is 0 Å². The molecule has 0 aliphatic carbocycles. The number of rotatable bonds is 5. The van der Waals surface area contributed by atoms with Crippen molar-refractivity contribution in [1.29, 1.82) is 0 Å². The molecule has 100 valence electrons. The third-order valence-corrected chi connectivity index (χ3v) is 3.10. The average molecular weight is 251 g/mol. The zero-order chi connectivity index (χ0) is 12.8. The lowest BCUT2D eigenvalue weighted by molar-refractivity contribution is -0.0508. The van der Waals surface area contributed by atoms with Crippen molar-refractivity contribution in [3.05, 3.63) is 29.8 Å². The molecule has 1 aliphatic heterocycles. The highest BCUT2D eigenvalue weighted by Crippen LogP contribution is 2.13. The van der Waals surface area contributed by atoms with Crippen LogP contribution in [0.5, 0.6) is 5.75 Å². The van der Waals surface area contributed by atoms with Crippen LogP contribution in [0.2, 0.25) is 0 Å². The predicted molar refractivity (Wildman–Crippen MR) is 69.9 cm³/mol. The quantitative estimate of drug-likeness (QED) is 0.850. The Morgan fingerprint density at radius 2 is 2.17 bits per heavy atom. The van der Waals surface area contributed by atoms with Crippen molar-refractivity contribution in [2.75, 3.05) is 39.5 Å². The number of nitrogens with zero attached hydrogens (tertiary/aromatic N) is 1. The standard InChI is InChI=1S/C14H21NO3/c1-12-2-4-13(5-3-12)18-11-14-10-15(6-8-16)7-9-17-14/h2-5,14,16H,6-11H2,1H3/t14-/m1/s1. The molecule has 2 rings (SSSR count). The minimum absolute atomic E-state index is 0.0894. The molecule has 1 fully saturated rings. The van der Waals surface area contributed by atoms with E-state index >= 15 is 0 Å². The van der Waals surface area contributed by atoms with Crippen molar-refractivity contribution in [3.8, 4) is 5.75 Å². The maximum absolute atomic E-state index is 8.92. The van der Waals surface area contributed by atoms with Crippen LogP contribution in [0.25, 0.3) is 0 Å². The molecule has 1 atom stereocenters. The number of aliphatic hydroxyl groups is 1. The fourth-order valence-electron chi connectivity index (χ4n) is 2.05. The summed E-state index contributed by atoms with van der Waals surface area (Å²) in [6.45, 7) is 5.96. The first-order valence-electron chi connectivity index (χ1n) is 6.42. The zero-order valence-electron chi connectivity index (χ0n) is 10.8. The minimum atomic E-state index is 0.0894. The number of aryl methyl sites for hydroxylation is 1. The number of ether oxygens (including phenoxy) is 2. The van der Waals surface area contributed by atoms with Crippen molar-refractivity contribution in [1.82, 2.24) is 4.90 Å². The molecule has 1 N–H and O–H groups in total. The first-order chi connectivity index (χ1) is 8.78. The van der Waals surface area contributed by atoms with E-state index in [0.29, 0.717) is 19.8 Å². The van der Waals surface area contributed by atoms with E-state index in [4.69, 9.17) is 14.6 Å². The lowest BCUT2D eigenvalue weighted by atomic mass is 10.2. The predicted octanol–water partition coefficient (Wildman–Crippen LogP) is 1.07. The second kappa shape index (κ2) is 6.73. The molecule has 1 heterocycles. The molecule has 4 heteroatoms. The van der Waals surface area contributed by atoms with Crippen LogP contribution in [0.15, 0.2) is 24.3 Å². The summed E-state index contributed by atoms with van der Waals surface area (Å²) in [5.74, 6) is 0.878. The van der Waals surface area contributed by atoms with Gasteiger partial charge < -0.3 is 14.6 Å². The molecule has 0 spiro atoms. The molecule has 0 aromatic heterocycles. The third kappa shape index (κ3) is 3.98. The van der Waals surface area contributed by atoms with Crippen molar-refractivity contribution < 1.29 is 14.6 Å². The highest BCUT2D eigenvalue weighted by molar-refractivity contribution is 5.26. The number of β-amino-alcohol motifs (C(OH)–C–C–N with tert-alkyl or cyclic N) is 1. The van der Waals surface area contributed by atoms with Gasteiger partial charge in [-0.15, -0.1) is 0 Å². The summed E-state index contributed by atoms with van der Waals surface area (Å²) in [5, 5.41) is 8.92. The van der Waals surface area contributed by atoms with E-state index in [0.717, 1.165) is 18.8 Å². The van der Waals surface area contributed by atoms with Crippen LogP contribution < -0.4 is 4.74 Å². The molecule has 1 aromatic rings. The van der Waals surface area contributed by atoms with Gasteiger partial charge in [0.05, 0.1) is 13.2 Å². The zero-order valence-corrected chi connectivity index (χ0v) is 10.8. The van der Waals surface area contributed by atoms with Crippen LogP contribution in [0.1, 0.15) is 5.56 Å². The van der Waals surface area contributed by atoms with Crippen LogP contribution >= 0.6 is 0 Å². The van der Waals surface area contributed by atoms with Crippen LogP contribution in [0.3, 0.4) is 0 Å². The van der Waals surface area contributed by atoms with Gasteiger partial charge in [0.1, 0.15) is 18.5 Å². The second-order valence-electron chi connectivity index (χ2n) is 4.64. The molecule has 0 saturated carbocycles. The van der Waals surface area contributed by atoms with Crippen molar-refractivity contribution in [2.45, 2.75) is 13.0 Å². The number of morpholine rings is 1. The largest absolute Gasteiger partial charge is 0.491 e. The third-order valence-electron chi connectivity index (χ3n) is 3.10. The topological polar surface area (TPSA) is 41.9 Å². The molecule has 0 bridgehead atoms. The van der Waals surface area contributed by atoms with Gasteiger partial charge in [-0.1, -0.05) is 17.7 Å². The Morgan fingerprint density at radius 3 is 2.89 bits per heavy atom. The van der Waals surface area contributed by atoms with E-state index < -0.39 is 0 Å². The minimum Gasteiger partial charge on any atom is -0.491 e. The summed E-state index contributed by atoms with van der Waals surface area (Å²) in [7, 11) is 0. The van der Waals surface area contributed by atoms with Gasteiger partial charge in [0.15, 0.2) is 0 Å². The maximum atomic E-state index is 8.92. The lowest BCUT2D eigenvalue weighted by Gasteiger charge is -2.32. The fourth-order valence-corrected chi connectivity index (χ4v) is 2.05. The summed E-state index contributed by atoms with van der Waals surface area (Å²) >= 11 is 0. The van der Waals surface area contributed by atoms with Gasteiger partial charge in [-0.3, -0.25) is 4.90 Å². The van der Waals surface area contributed by atoms with E-state index in [2.05, 4.69) is 11.8 Å². The van der Waals surface area contributed by atoms with Gasteiger partial charge in [0.25, 0.3) is 0 Å². The van der Waals surface area contributed by atoms with Crippen molar-refractivity contribution >= 4 is 0 Å². The van der Waals surface area contributed by atoms with Crippen molar-refractivity contribution in [3.63, 3.8) is 0 Å². The number of aliphatic hydroxyl groups excluding tert-OH is 1. The Kier molecular flexibility index (Phi) is 4.99. The Morgan fingerprint density at radius 1 is 1.39 bits per heavy atom. The van der Waals surface area contributed by atoms with Gasteiger partial charge >= 0.3 is 0 Å². The molecule has 0 amide bonds. The summed E-state index contributed by atoms with van der Waals surface area (Å²) in [5.41, 5.74) is 1.23. The Bertz CT molecular complexity index is 351. The monoisotopic (exact) mass is 251 g/mol. The molecule has 4 nitrogen and oxygen atoms in total. The molecule has 1 aliphatic rings. The Hall–Kier alpha value is -1.10. The Labute approximate surface area is 108 Å². The number of benzene rings is 1. The van der Waals surface area contributed by atoms with Crippen LogP contribution in [0, 0.1) is 6.92 Å². The summed E-state index contributed by atoms with van der Waals surface area (Å²) in [6, 6.07) is 8.03. The van der Waals surface area contributed by atoms with E-state index in [1.807, 2.05) is 24.3 Å². The average Bonchev–Trinajstić information content (AvgIpc) is 2.39. The van der Waals surface area contributed by atoms with Gasteiger partial charge in [-0.2, -0.15) is 0 Å². The van der Waals surface area contributed by atoms with Crippen LogP contribution in [-0.4, -0.2) is 55.6 Å². The fraction of sp³-hybridized carbons (Fsp3) is 0.571. The molecule has 1 saturated heterocycles. The second-order valence-corrected chi connectivity index (χ2v) is 4.64. The van der Waals surface area contributed by atoms with E-state index in [1.165, 1.54) is 5.56 Å². The molecule has 18 heavy (non-hydrogen) atoms. The molecule has 0 radical (unpaired) electrons. The van der Waals surface area contributed by atoms with Crippen LogP contribution in [-0.2, 0) is 4.74 Å². The van der Waals surface area contributed by atoms with E-state index in [-0.39, 0.29) is 12.7 Å². The summed E-state index contributed by atoms with van der Waals surface area (Å²) in [6.07, 6.45) is 0.0894. The van der Waals surface area contributed by atoms with Gasteiger partial charge in [-0.05, 0) is 19.1 Å². The molecular weight excluding hydrogens is 230 g/mol. The Balaban J connectivity index is 1.77. The SMILES string of the molecule is Cc1ccc(OC[C@H]2CN(CCO)CCO2)cc1. The normalized spacial score (nSPS) is 20.9. The van der Waals surface area contributed by atoms with Gasteiger partial charge in [0.2, 0.25) is 0 Å². The summed E-state index contributed by atoms with van der Waals surface area (Å²) < 4.78 is 11.4. The summed E-state index contributed by atoms with van der Waals surface area (Å²) in [4.78, 5) is 2.20. The first-order valence-corrected chi connectivity index (χ1v) is 6.42. The van der Waals surface area contributed by atoms with Gasteiger partial charge in [0, 0.05) is 19.6 Å². The molecule has 0 unspecified atom stereocenters. The number of hydrogen-bond acceptors (Lipinski definition) is 4. The van der Waals surface area contributed by atoms with E-state index in [1.54, 1.807) is 0 Å². The molecular formula is C14H21NO3. The van der Waals surface area contributed by atoms with Gasteiger partial charge in [-0.25, -0.2) is 0 Å². The van der Waals surface area contributed by atoms with Crippen molar-refractivity contribution in [2.24, 2.45) is 0 Å². The lowest BCUT2D eigenvalue weighted by Crippen LogP contribution is -2.45. The molecule has 1 aromatic carbocycles. The number of hydrogen-bond donors (Lipinski definition) is 1. The highest BCUT2D eigenvalue weighted by Gasteiger charge is 2.20. The smallest absolute Gasteiger partial charge is 0.119 e. The maximum Gasteiger partial charge on any atom is 0.119 e. The van der Waals surface area contributed by atoms with Crippen LogP contribution in [0.4, 0.5) is 0 Å². The first kappa shape index (κ1) is 13.3. The highest BCUT2D eigenvalue weighted by atomic mass is 16.5.